The SMILES string of the molecule is Cc1nccnc1CC[C@H]1COCCN1C(=O)C1CCC1. The third-order valence-corrected chi connectivity index (χ3v) is 4.66. The zero-order valence-electron chi connectivity index (χ0n) is 12.6. The van der Waals surface area contributed by atoms with E-state index < -0.39 is 0 Å². The van der Waals surface area contributed by atoms with Gasteiger partial charge in [0, 0.05) is 24.9 Å². The molecule has 0 N–H and O–H groups in total. The van der Waals surface area contributed by atoms with E-state index in [0.29, 0.717) is 19.1 Å². The van der Waals surface area contributed by atoms with Crippen molar-refractivity contribution in [3.8, 4) is 0 Å². The minimum Gasteiger partial charge on any atom is -0.377 e. The predicted octanol–water partition coefficient (Wildman–Crippen LogP) is 1.75. The van der Waals surface area contributed by atoms with Crippen LogP contribution in [0.3, 0.4) is 0 Å². The van der Waals surface area contributed by atoms with Crippen LogP contribution in [-0.4, -0.2) is 46.6 Å². The Kier molecular flexibility index (Phi) is 4.48. The highest BCUT2D eigenvalue weighted by Crippen LogP contribution is 2.30. The van der Waals surface area contributed by atoms with Crippen molar-refractivity contribution < 1.29 is 9.53 Å². The average Bonchev–Trinajstić information content (AvgIpc) is 2.45. The molecule has 1 atom stereocenters. The molecule has 114 valence electrons. The Hall–Kier alpha value is -1.49. The summed E-state index contributed by atoms with van der Waals surface area (Å²) < 4.78 is 5.58. The van der Waals surface area contributed by atoms with Crippen LogP contribution < -0.4 is 0 Å². The summed E-state index contributed by atoms with van der Waals surface area (Å²) in [5.74, 6) is 0.606. The first kappa shape index (κ1) is 14.4. The fourth-order valence-corrected chi connectivity index (χ4v) is 3.06. The zero-order valence-corrected chi connectivity index (χ0v) is 12.6. The fraction of sp³-hybridized carbons (Fsp3) is 0.688. The maximum absolute atomic E-state index is 12.5. The first-order valence-corrected chi connectivity index (χ1v) is 7.90. The van der Waals surface area contributed by atoms with Gasteiger partial charge in [-0.05, 0) is 32.6 Å². The van der Waals surface area contributed by atoms with Crippen molar-refractivity contribution in [2.45, 2.75) is 45.1 Å². The Balaban J connectivity index is 1.61. The van der Waals surface area contributed by atoms with Gasteiger partial charge in [0.1, 0.15) is 0 Å². The lowest BCUT2D eigenvalue weighted by Crippen LogP contribution is -2.51. The van der Waals surface area contributed by atoms with Gasteiger partial charge in [0.05, 0.1) is 30.6 Å². The molecule has 1 aromatic rings. The van der Waals surface area contributed by atoms with E-state index in [1.54, 1.807) is 12.4 Å². The molecule has 2 heterocycles. The van der Waals surface area contributed by atoms with Gasteiger partial charge in [-0.2, -0.15) is 0 Å². The Morgan fingerprint density at radius 3 is 2.90 bits per heavy atom. The summed E-state index contributed by atoms with van der Waals surface area (Å²) in [6.07, 6.45) is 8.52. The number of rotatable bonds is 4. The minimum absolute atomic E-state index is 0.188. The van der Waals surface area contributed by atoms with Crippen LogP contribution in [0.2, 0.25) is 0 Å². The number of aryl methyl sites for hydroxylation is 2. The van der Waals surface area contributed by atoms with E-state index in [4.69, 9.17) is 4.74 Å². The number of amides is 1. The summed E-state index contributed by atoms with van der Waals surface area (Å²) in [5, 5.41) is 0. The van der Waals surface area contributed by atoms with Gasteiger partial charge in [-0.25, -0.2) is 0 Å². The number of hydrogen-bond acceptors (Lipinski definition) is 4. The van der Waals surface area contributed by atoms with Crippen LogP contribution in [0, 0.1) is 12.8 Å². The Morgan fingerprint density at radius 1 is 1.38 bits per heavy atom. The van der Waals surface area contributed by atoms with Gasteiger partial charge in [-0.1, -0.05) is 6.42 Å². The van der Waals surface area contributed by atoms with E-state index in [9.17, 15) is 4.79 Å². The van der Waals surface area contributed by atoms with E-state index in [1.165, 1.54) is 6.42 Å². The van der Waals surface area contributed by atoms with Gasteiger partial charge in [0.15, 0.2) is 0 Å². The van der Waals surface area contributed by atoms with Gasteiger partial charge in [-0.15, -0.1) is 0 Å². The molecule has 1 aliphatic heterocycles. The van der Waals surface area contributed by atoms with Gasteiger partial charge >= 0.3 is 0 Å². The first-order valence-electron chi connectivity index (χ1n) is 7.90. The molecule has 2 aliphatic rings. The van der Waals surface area contributed by atoms with Crippen LogP contribution >= 0.6 is 0 Å². The predicted molar refractivity (Wildman–Crippen MR) is 78.8 cm³/mol. The number of ether oxygens (including phenoxy) is 1. The van der Waals surface area contributed by atoms with Crippen LogP contribution in [0.1, 0.15) is 37.1 Å². The highest BCUT2D eigenvalue weighted by Gasteiger charge is 2.34. The maximum Gasteiger partial charge on any atom is 0.226 e. The maximum atomic E-state index is 12.5. The number of carbonyl (C=O) groups excluding carboxylic acids is 1. The molecule has 1 saturated heterocycles. The quantitative estimate of drug-likeness (QED) is 0.847. The summed E-state index contributed by atoms with van der Waals surface area (Å²) in [5.41, 5.74) is 2.00. The van der Waals surface area contributed by atoms with Gasteiger partial charge in [0.2, 0.25) is 5.91 Å². The second-order valence-electron chi connectivity index (χ2n) is 6.02. The molecule has 2 fully saturated rings. The molecule has 1 amide bonds. The number of aromatic nitrogens is 2. The molecule has 1 saturated carbocycles. The largest absolute Gasteiger partial charge is 0.377 e. The van der Waals surface area contributed by atoms with Crippen LogP contribution in [0.5, 0.6) is 0 Å². The highest BCUT2D eigenvalue weighted by atomic mass is 16.5. The molecule has 1 aromatic heterocycles. The summed E-state index contributed by atoms with van der Waals surface area (Å²) in [7, 11) is 0. The summed E-state index contributed by atoms with van der Waals surface area (Å²) in [6.45, 7) is 4.04. The fourth-order valence-electron chi connectivity index (χ4n) is 3.06. The molecule has 5 nitrogen and oxygen atoms in total. The second kappa shape index (κ2) is 6.52. The molecule has 21 heavy (non-hydrogen) atoms. The minimum atomic E-state index is 0.188. The van der Waals surface area contributed by atoms with Gasteiger partial charge < -0.3 is 9.64 Å². The molecule has 0 bridgehead atoms. The molecule has 1 aliphatic carbocycles. The molecular formula is C16H23N3O2. The first-order chi connectivity index (χ1) is 10.3. The lowest BCUT2D eigenvalue weighted by atomic mass is 9.84. The number of carbonyl (C=O) groups is 1. The molecule has 0 unspecified atom stereocenters. The van der Waals surface area contributed by atoms with Crippen molar-refractivity contribution in [1.29, 1.82) is 0 Å². The summed E-state index contributed by atoms with van der Waals surface area (Å²) >= 11 is 0. The van der Waals surface area contributed by atoms with Crippen molar-refractivity contribution in [2.75, 3.05) is 19.8 Å². The van der Waals surface area contributed by atoms with E-state index in [1.807, 2.05) is 6.92 Å². The van der Waals surface area contributed by atoms with E-state index >= 15 is 0 Å². The smallest absolute Gasteiger partial charge is 0.226 e. The summed E-state index contributed by atoms with van der Waals surface area (Å²) in [4.78, 5) is 23.2. The molecule has 5 heteroatoms. The van der Waals surface area contributed by atoms with Crippen molar-refractivity contribution in [2.24, 2.45) is 5.92 Å². The molecule has 0 spiro atoms. The van der Waals surface area contributed by atoms with Crippen LogP contribution in [0.25, 0.3) is 0 Å². The monoisotopic (exact) mass is 289 g/mol. The third-order valence-electron chi connectivity index (χ3n) is 4.66. The van der Waals surface area contributed by atoms with Crippen molar-refractivity contribution in [3.05, 3.63) is 23.8 Å². The zero-order chi connectivity index (χ0) is 14.7. The van der Waals surface area contributed by atoms with Crippen molar-refractivity contribution >= 4 is 5.91 Å². The van der Waals surface area contributed by atoms with E-state index in [2.05, 4.69) is 14.9 Å². The van der Waals surface area contributed by atoms with Crippen LogP contribution in [0.4, 0.5) is 0 Å². The van der Waals surface area contributed by atoms with Crippen LogP contribution in [0.15, 0.2) is 12.4 Å². The van der Waals surface area contributed by atoms with Gasteiger partial charge in [0.25, 0.3) is 0 Å². The summed E-state index contributed by atoms with van der Waals surface area (Å²) in [6, 6.07) is 0.188. The number of morpholine rings is 1. The standard InChI is InChI=1S/C16H23N3O2/c1-12-15(18-8-7-17-12)6-5-14-11-21-10-9-19(14)16(20)13-3-2-4-13/h7-8,13-14H,2-6,9-11H2,1H3/t14-/m0/s1. The molecular weight excluding hydrogens is 266 g/mol. The normalized spacial score (nSPS) is 22.9. The van der Waals surface area contributed by atoms with E-state index in [-0.39, 0.29) is 12.0 Å². The lowest BCUT2D eigenvalue weighted by Gasteiger charge is -2.39. The molecule has 0 aromatic carbocycles. The Bertz CT molecular complexity index is 502. The molecule has 3 rings (SSSR count). The van der Waals surface area contributed by atoms with Crippen molar-refractivity contribution in [3.63, 3.8) is 0 Å². The Labute approximate surface area is 125 Å². The number of nitrogens with zero attached hydrogens (tertiary/aromatic N) is 3. The Morgan fingerprint density at radius 2 is 2.19 bits per heavy atom. The second-order valence-corrected chi connectivity index (χ2v) is 6.02. The van der Waals surface area contributed by atoms with Gasteiger partial charge in [-0.3, -0.25) is 14.8 Å². The third kappa shape index (κ3) is 3.23. The molecule has 0 radical (unpaired) electrons. The lowest BCUT2D eigenvalue weighted by molar-refractivity contribution is -0.147. The average molecular weight is 289 g/mol. The van der Waals surface area contributed by atoms with E-state index in [0.717, 1.165) is 43.6 Å². The van der Waals surface area contributed by atoms with Crippen molar-refractivity contribution in [1.82, 2.24) is 14.9 Å². The number of hydrogen-bond donors (Lipinski definition) is 0. The topological polar surface area (TPSA) is 55.3 Å². The highest BCUT2D eigenvalue weighted by molar-refractivity contribution is 5.80. The van der Waals surface area contributed by atoms with Crippen LogP contribution in [-0.2, 0) is 16.0 Å².